The van der Waals surface area contributed by atoms with Crippen molar-refractivity contribution in [3.8, 4) is 0 Å². The van der Waals surface area contributed by atoms with Crippen LogP contribution < -0.4 is 0 Å². The van der Waals surface area contributed by atoms with Gasteiger partial charge >= 0.3 is 0 Å². The molecule has 1 aliphatic carbocycles. The molecule has 1 aromatic carbocycles. The van der Waals surface area contributed by atoms with Crippen molar-refractivity contribution in [2.24, 2.45) is 5.92 Å². The largest absolute Gasteiger partial charge is 0.245 e. The highest BCUT2D eigenvalue weighted by Crippen LogP contribution is 2.30. The highest BCUT2D eigenvalue weighted by molar-refractivity contribution is 7.89. The van der Waals surface area contributed by atoms with Gasteiger partial charge < -0.3 is 0 Å². The molecule has 0 aromatic heterocycles. The molecule has 112 valence electrons. The third-order valence-corrected chi connectivity index (χ3v) is 6.07. The van der Waals surface area contributed by atoms with E-state index in [1.165, 1.54) is 22.5 Å². The zero-order valence-corrected chi connectivity index (χ0v) is 13.1. The van der Waals surface area contributed by atoms with Gasteiger partial charge in [0.25, 0.3) is 0 Å². The van der Waals surface area contributed by atoms with Gasteiger partial charge in [0.05, 0.1) is 0 Å². The standard InChI is InChI=1S/C14H19ClFNO2S/c1-2-17(10-11-4-3-5-11)20(18,19)14-8-12(9-15)6-7-13(14)16/h6-8,11H,2-5,9-10H2,1H3. The Balaban J connectivity index is 2.31. The summed E-state index contributed by atoms with van der Waals surface area (Å²) in [7, 11) is -3.79. The second-order valence-corrected chi connectivity index (χ2v) is 7.32. The molecule has 1 fully saturated rings. The van der Waals surface area contributed by atoms with E-state index in [2.05, 4.69) is 0 Å². The summed E-state index contributed by atoms with van der Waals surface area (Å²) in [4.78, 5) is -0.267. The van der Waals surface area contributed by atoms with Gasteiger partial charge in [-0.3, -0.25) is 0 Å². The van der Waals surface area contributed by atoms with Crippen LogP contribution >= 0.6 is 11.6 Å². The summed E-state index contributed by atoms with van der Waals surface area (Å²) in [6.07, 6.45) is 3.25. The lowest BCUT2D eigenvalue weighted by atomic mass is 9.85. The summed E-state index contributed by atoms with van der Waals surface area (Å²) in [5.41, 5.74) is 0.603. The second-order valence-electron chi connectivity index (χ2n) is 5.15. The van der Waals surface area contributed by atoms with Crippen molar-refractivity contribution in [2.75, 3.05) is 13.1 Å². The van der Waals surface area contributed by atoms with E-state index in [0.717, 1.165) is 19.3 Å². The fraction of sp³-hybridized carbons (Fsp3) is 0.571. The van der Waals surface area contributed by atoms with Gasteiger partial charge in [0, 0.05) is 19.0 Å². The van der Waals surface area contributed by atoms with E-state index in [1.807, 2.05) is 0 Å². The summed E-state index contributed by atoms with van der Waals surface area (Å²) >= 11 is 5.70. The minimum Gasteiger partial charge on any atom is -0.207 e. The van der Waals surface area contributed by atoms with Crippen LogP contribution in [0, 0.1) is 11.7 Å². The molecule has 3 nitrogen and oxygen atoms in total. The summed E-state index contributed by atoms with van der Waals surface area (Å²) in [5, 5.41) is 0. The summed E-state index contributed by atoms with van der Waals surface area (Å²) < 4.78 is 40.4. The Hall–Kier alpha value is -0.650. The quantitative estimate of drug-likeness (QED) is 0.754. The molecule has 1 aliphatic rings. The van der Waals surface area contributed by atoms with E-state index in [0.29, 0.717) is 24.6 Å². The van der Waals surface area contributed by atoms with Crippen molar-refractivity contribution in [2.45, 2.75) is 37.0 Å². The fourth-order valence-corrected chi connectivity index (χ4v) is 4.13. The summed E-state index contributed by atoms with van der Waals surface area (Å²) in [6, 6.07) is 4.01. The molecule has 0 spiro atoms. The molecule has 1 aromatic rings. The molecule has 6 heteroatoms. The average molecular weight is 320 g/mol. The number of rotatable bonds is 6. The van der Waals surface area contributed by atoms with Crippen molar-refractivity contribution >= 4 is 21.6 Å². The van der Waals surface area contributed by atoms with E-state index >= 15 is 0 Å². The normalized spacial score (nSPS) is 16.4. The van der Waals surface area contributed by atoms with Gasteiger partial charge in [0.2, 0.25) is 10.0 Å². The molecule has 0 atom stereocenters. The highest BCUT2D eigenvalue weighted by Gasteiger charge is 2.30. The number of nitrogens with zero attached hydrogens (tertiary/aromatic N) is 1. The van der Waals surface area contributed by atoms with Crippen LogP contribution in [0.5, 0.6) is 0 Å². The number of sulfonamides is 1. The summed E-state index contributed by atoms with van der Waals surface area (Å²) in [6.45, 7) is 2.60. The average Bonchev–Trinajstić information content (AvgIpc) is 2.37. The Kier molecular flexibility index (Phi) is 5.04. The van der Waals surface area contributed by atoms with E-state index < -0.39 is 15.8 Å². The Morgan fingerprint density at radius 3 is 2.60 bits per heavy atom. The van der Waals surface area contributed by atoms with Crippen LogP contribution in [0.3, 0.4) is 0 Å². The summed E-state index contributed by atoms with van der Waals surface area (Å²) in [5.74, 6) is -0.146. The predicted molar refractivity (Wildman–Crippen MR) is 77.7 cm³/mol. The predicted octanol–water partition coefficient (Wildman–Crippen LogP) is 3.38. The lowest BCUT2D eigenvalue weighted by Crippen LogP contribution is -2.37. The maximum absolute atomic E-state index is 13.9. The van der Waals surface area contributed by atoms with Crippen molar-refractivity contribution in [3.63, 3.8) is 0 Å². The molecule has 0 heterocycles. The molecule has 20 heavy (non-hydrogen) atoms. The fourth-order valence-electron chi connectivity index (χ4n) is 2.33. The smallest absolute Gasteiger partial charge is 0.207 e. The molecule has 0 radical (unpaired) electrons. The second kappa shape index (κ2) is 6.41. The van der Waals surface area contributed by atoms with Crippen LogP contribution in [0.25, 0.3) is 0 Å². The third-order valence-electron chi connectivity index (χ3n) is 3.81. The van der Waals surface area contributed by atoms with Crippen LogP contribution in [-0.4, -0.2) is 25.8 Å². The minimum absolute atomic E-state index is 0.164. The first-order valence-electron chi connectivity index (χ1n) is 6.83. The molecule has 0 amide bonds. The Morgan fingerprint density at radius 2 is 2.10 bits per heavy atom. The SMILES string of the molecule is CCN(CC1CCC1)S(=O)(=O)c1cc(CCl)ccc1F. The van der Waals surface area contributed by atoms with E-state index in [-0.39, 0.29) is 10.8 Å². The van der Waals surface area contributed by atoms with Crippen LogP contribution in [0.2, 0.25) is 0 Å². The lowest BCUT2D eigenvalue weighted by molar-refractivity contribution is 0.249. The van der Waals surface area contributed by atoms with Crippen molar-refractivity contribution in [1.82, 2.24) is 4.31 Å². The van der Waals surface area contributed by atoms with Crippen molar-refractivity contribution in [3.05, 3.63) is 29.6 Å². The number of alkyl halides is 1. The van der Waals surface area contributed by atoms with Crippen LogP contribution in [0.1, 0.15) is 31.7 Å². The molecule has 0 N–H and O–H groups in total. The zero-order chi connectivity index (χ0) is 14.8. The Labute approximate surface area is 124 Å². The molecule has 0 bridgehead atoms. The Bertz CT molecular complexity index is 573. The third kappa shape index (κ3) is 3.15. The van der Waals surface area contributed by atoms with Crippen LogP contribution in [0.4, 0.5) is 4.39 Å². The molecule has 0 unspecified atom stereocenters. The van der Waals surface area contributed by atoms with Crippen LogP contribution in [-0.2, 0) is 15.9 Å². The maximum atomic E-state index is 13.9. The van der Waals surface area contributed by atoms with Gasteiger partial charge in [0.1, 0.15) is 10.7 Å². The Morgan fingerprint density at radius 1 is 1.40 bits per heavy atom. The van der Waals surface area contributed by atoms with Crippen LogP contribution in [0.15, 0.2) is 23.1 Å². The van der Waals surface area contributed by atoms with Gasteiger partial charge in [-0.25, -0.2) is 12.8 Å². The first-order valence-corrected chi connectivity index (χ1v) is 8.81. The number of hydrogen-bond acceptors (Lipinski definition) is 2. The molecular weight excluding hydrogens is 301 g/mol. The molecular formula is C14H19ClFNO2S. The van der Waals surface area contributed by atoms with Gasteiger partial charge in [-0.2, -0.15) is 4.31 Å². The number of hydrogen-bond donors (Lipinski definition) is 0. The monoisotopic (exact) mass is 319 g/mol. The first-order chi connectivity index (χ1) is 9.48. The van der Waals surface area contributed by atoms with E-state index in [4.69, 9.17) is 11.6 Å². The minimum atomic E-state index is -3.79. The molecule has 1 saturated carbocycles. The van der Waals surface area contributed by atoms with Crippen molar-refractivity contribution < 1.29 is 12.8 Å². The van der Waals surface area contributed by atoms with E-state index in [1.54, 1.807) is 6.92 Å². The molecule has 0 aliphatic heterocycles. The topological polar surface area (TPSA) is 37.4 Å². The molecule has 2 rings (SSSR count). The van der Waals surface area contributed by atoms with Gasteiger partial charge in [0.15, 0.2) is 0 Å². The van der Waals surface area contributed by atoms with Gasteiger partial charge in [-0.15, -0.1) is 11.6 Å². The maximum Gasteiger partial charge on any atom is 0.245 e. The van der Waals surface area contributed by atoms with Gasteiger partial charge in [-0.05, 0) is 36.5 Å². The highest BCUT2D eigenvalue weighted by atomic mass is 35.5. The zero-order valence-electron chi connectivity index (χ0n) is 11.5. The number of benzene rings is 1. The van der Waals surface area contributed by atoms with E-state index in [9.17, 15) is 12.8 Å². The van der Waals surface area contributed by atoms with Gasteiger partial charge in [-0.1, -0.05) is 19.4 Å². The van der Waals surface area contributed by atoms with Crippen molar-refractivity contribution in [1.29, 1.82) is 0 Å². The number of halogens is 2. The lowest BCUT2D eigenvalue weighted by Gasteiger charge is -2.31. The first kappa shape index (κ1) is 15.7. The molecule has 0 saturated heterocycles.